The van der Waals surface area contributed by atoms with E-state index in [0.717, 1.165) is 44.4 Å². The highest BCUT2D eigenvalue weighted by atomic mass is 16.3. The van der Waals surface area contributed by atoms with Crippen molar-refractivity contribution < 1.29 is 5.11 Å². The smallest absolute Gasteiger partial charge is 0.227 e. The monoisotopic (exact) mass is 348 g/mol. The maximum absolute atomic E-state index is 9.01. The van der Waals surface area contributed by atoms with Gasteiger partial charge in [0.1, 0.15) is 0 Å². The molecule has 0 fully saturated rings. The van der Waals surface area contributed by atoms with Gasteiger partial charge in [-0.3, -0.25) is 5.10 Å². The first-order chi connectivity index (χ1) is 12.7. The van der Waals surface area contributed by atoms with Crippen molar-refractivity contribution in [3.63, 3.8) is 0 Å². The number of benzene rings is 2. The number of aryl methyl sites for hydroxylation is 2. The molecule has 4 N–H and O–H groups in total. The second-order valence-electron chi connectivity index (χ2n) is 6.21. The van der Waals surface area contributed by atoms with Crippen LogP contribution in [0.15, 0.2) is 36.5 Å². The predicted octanol–water partition coefficient (Wildman–Crippen LogP) is 3.27. The number of hydrogen-bond donors (Lipinski definition) is 4. The van der Waals surface area contributed by atoms with Gasteiger partial charge in [-0.2, -0.15) is 5.10 Å². The largest absolute Gasteiger partial charge is 0.395 e. The summed E-state index contributed by atoms with van der Waals surface area (Å²) in [6.45, 7) is 4.58. The summed E-state index contributed by atoms with van der Waals surface area (Å²) >= 11 is 0. The van der Waals surface area contributed by atoms with Crippen LogP contribution in [0.1, 0.15) is 11.3 Å². The summed E-state index contributed by atoms with van der Waals surface area (Å²) in [6.07, 6.45) is 1.81. The van der Waals surface area contributed by atoms with Crippen LogP contribution < -0.4 is 10.6 Å². The number of aliphatic hydroxyl groups is 1. The number of nitrogens with zero attached hydrogens (tertiary/aromatic N) is 3. The van der Waals surface area contributed by atoms with Crippen molar-refractivity contribution in [3.05, 3.63) is 47.8 Å². The van der Waals surface area contributed by atoms with Crippen molar-refractivity contribution in [1.82, 2.24) is 20.2 Å². The van der Waals surface area contributed by atoms with Crippen LogP contribution in [0.2, 0.25) is 0 Å². The minimum atomic E-state index is 0.0869. The third-order valence-corrected chi connectivity index (χ3v) is 4.44. The summed E-state index contributed by atoms with van der Waals surface area (Å²) in [6, 6.07) is 9.97. The standard InChI is InChI=1S/C19H20N6O/c1-11-16(20-7-8-26)6-3-13-10-21-19(23-18(11)13)22-14-4-5-15-12(2)24-25-17(15)9-14/h3-6,9-10,20,26H,7-8H2,1-2H3,(H,24,25)(H,21,22,23). The molecule has 2 aromatic carbocycles. The van der Waals surface area contributed by atoms with Crippen LogP contribution >= 0.6 is 0 Å². The highest BCUT2D eigenvalue weighted by Gasteiger charge is 2.08. The molecule has 0 aliphatic carbocycles. The third-order valence-electron chi connectivity index (χ3n) is 4.44. The Bertz CT molecular complexity index is 1090. The molecule has 0 atom stereocenters. The molecule has 26 heavy (non-hydrogen) atoms. The lowest BCUT2D eigenvalue weighted by atomic mass is 10.1. The number of rotatable bonds is 5. The SMILES string of the molecule is Cc1n[nH]c2cc(Nc3ncc4ccc(NCCO)c(C)c4n3)ccc12. The highest BCUT2D eigenvalue weighted by molar-refractivity contribution is 5.88. The molecule has 0 saturated carbocycles. The fourth-order valence-electron chi connectivity index (χ4n) is 3.04. The van der Waals surface area contributed by atoms with E-state index < -0.39 is 0 Å². The first-order valence-electron chi connectivity index (χ1n) is 8.48. The molecular formula is C19H20N6O. The van der Waals surface area contributed by atoms with Crippen molar-refractivity contribution in [3.8, 4) is 0 Å². The lowest BCUT2D eigenvalue weighted by Gasteiger charge is -2.12. The molecule has 4 aromatic rings. The predicted molar refractivity (Wildman–Crippen MR) is 104 cm³/mol. The normalized spacial score (nSPS) is 11.2. The topological polar surface area (TPSA) is 98.8 Å². The lowest BCUT2D eigenvalue weighted by Crippen LogP contribution is -2.07. The second kappa shape index (κ2) is 6.61. The average molecular weight is 348 g/mol. The van der Waals surface area contributed by atoms with Crippen LogP contribution in [-0.2, 0) is 0 Å². The summed E-state index contributed by atoms with van der Waals surface area (Å²) in [5, 5.41) is 24.8. The summed E-state index contributed by atoms with van der Waals surface area (Å²) in [5.74, 6) is 0.537. The fourth-order valence-corrected chi connectivity index (χ4v) is 3.04. The van der Waals surface area contributed by atoms with Gasteiger partial charge >= 0.3 is 0 Å². The van der Waals surface area contributed by atoms with E-state index in [-0.39, 0.29) is 6.61 Å². The van der Waals surface area contributed by atoms with E-state index >= 15 is 0 Å². The summed E-state index contributed by atoms with van der Waals surface area (Å²) in [5.41, 5.74) is 5.72. The zero-order valence-corrected chi connectivity index (χ0v) is 14.7. The Balaban J connectivity index is 1.67. The number of aliphatic hydroxyl groups excluding tert-OH is 1. The van der Waals surface area contributed by atoms with E-state index in [9.17, 15) is 0 Å². The molecule has 4 rings (SSSR count). The molecule has 0 spiro atoms. The van der Waals surface area contributed by atoms with Crippen LogP contribution in [-0.4, -0.2) is 38.4 Å². The highest BCUT2D eigenvalue weighted by Crippen LogP contribution is 2.26. The van der Waals surface area contributed by atoms with Gasteiger partial charge in [0.25, 0.3) is 0 Å². The number of hydrogen-bond acceptors (Lipinski definition) is 6. The Morgan fingerprint density at radius 3 is 2.88 bits per heavy atom. The zero-order valence-electron chi connectivity index (χ0n) is 14.7. The number of nitrogens with one attached hydrogen (secondary N) is 3. The van der Waals surface area contributed by atoms with Gasteiger partial charge in [-0.05, 0) is 49.7 Å². The number of H-pyrrole nitrogens is 1. The van der Waals surface area contributed by atoms with Gasteiger partial charge in [0.2, 0.25) is 5.95 Å². The van der Waals surface area contributed by atoms with E-state index in [0.29, 0.717) is 12.5 Å². The lowest BCUT2D eigenvalue weighted by molar-refractivity contribution is 0.311. The van der Waals surface area contributed by atoms with E-state index in [1.54, 1.807) is 0 Å². The Kier molecular flexibility index (Phi) is 4.14. The van der Waals surface area contributed by atoms with Gasteiger partial charge < -0.3 is 15.7 Å². The van der Waals surface area contributed by atoms with E-state index in [1.165, 1.54) is 0 Å². The minimum Gasteiger partial charge on any atom is -0.395 e. The number of aromatic amines is 1. The molecule has 0 radical (unpaired) electrons. The van der Waals surface area contributed by atoms with Crippen molar-refractivity contribution in [2.24, 2.45) is 0 Å². The molecule has 2 aromatic heterocycles. The molecule has 7 heteroatoms. The first-order valence-corrected chi connectivity index (χ1v) is 8.48. The van der Waals surface area contributed by atoms with Crippen molar-refractivity contribution >= 4 is 39.1 Å². The molecule has 0 aliphatic heterocycles. The van der Waals surface area contributed by atoms with Gasteiger partial charge in [0, 0.05) is 34.9 Å². The van der Waals surface area contributed by atoms with E-state index in [1.807, 2.05) is 50.4 Å². The molecule has 0 unspecified atom stereocenters. The van der Waals surface area contributed by atoms with Crippen molar-refractivity contribution in [2.75, 3.05) is 23.8 Å². The number of fused-ring (bicyclic) bond motifs is 2. The molecule has 0 bridgehead atoms. The van der Waals surface area contributed by atoms with Crippen LogP contribution in [0.25, 0.3) is 21.8 Å². The molecule has 132 valence electrons. The average Bonchev–Trinajstić information content (AvgIpc) is 3.02. The van der Waals surface area contributed by atoms with Crippen LogP contribution in [0, 0.1) is 13.8 Å². The maximum atomic E-state index is 9.01. The molecule has 7 nitrogen and oxygen atoms in total. The molecule has 0 aliphatic rings. The van der Waals surface area contributed by atoms with Crippen LogP contribution in [0.4, 0.5) is 17.3 Å². The number of aromatic nitrogens is 4. The van der Waals surface area contributed by atoms with Gasteiger partial charge in [-0.25, -0.2) is 9.97 Å². The fraction of sp³-hybridized carbons (Fsp3) is 0.211. The van der Waals surface area contributed by atoms with Crippen molar-refractivity contribution in [2.45, 2.75) is 13.8 Å². The van der Waals surface area contributed by atoms with Gasteiger partial charge in [-0.15, -0.1) is 0 Å². The minimum absolute atomic E-state index is 0.0869. The first kappa shape index (κ1) is 16.3. The van der Waals surface area contributed by atoms with Crippen LogP contribution in [0.5, 0.6) is 0 Å². The van der Waals surface area contributed by atoms with Gasteiger partial charge in [0.15, 0.2) is 0 Å². The molecular weight excluding hydrogens is 328 g/mol. The van der Waals surface area contributed by atoms with Crippen molar-refractivity contribution in [1.29, 1.82) is 0 Å². The molecule has 0 amide bonds. The molecule has 2 heterocycles. The quantitative estimate of drug-likeness (QED) is 0.442. The van der Waals surface area contributed by atoms with Gasteiger partial charge in [-0.1, -0.05) is 0 Å². The van der Waals surface area contributed by atoms with E-state index in [4.69, 9.17) is 5.11 Å². The van der Waals surface area contributed by atoms with Gasteiger partial charge in [0.05, 0.1) is 23.3 Å². The maximum Gasteiger partial charge on any atom is 0.227 e. The Labute approximate surface area is 150 Å². The third kappa shape index (κ3) is 2.93. The Morgan fingerprint density at radius 1 is 1.15 bits per heavy atom. The zero-order chi connectivity index (χ0) is 18.1. The number of anilines is 3. The summed E-state index contributed by atoms with van der Waals surface area (Å²) in [7, 11) is 0. The van der Waals surface area contributed by atoms with Crippen LogP contribution in [0.3, 0.4) is 0 Å². The molecule has 0 saturated heterocycles. The van der Waals surface area contributed by atoms with E-state index in [2.05, 4.69) is 30.8 Å². The summed E-state index contributed by atoms with van der Waals surface area (Å²) < 4.78 is 0. The Morgan fingerprint density at radius 2 is 2.04 bits per heavy atom. The summed E-state index contributed by atoms with van der Waals surface area (Å²) in [4.78, 5) is 9.09. The Hall–Kier alpha value is -3.19. The second-order valence-corrected chi connectivity index (χ2v) is 6.21.